The standard InChI is InChI=1S/C15H9Br2N3O4S/c16-9-6-10(25-12(9)17)14(22)23-7-11(21)18-15-20-19-13(24-15)8-4-2-1-3-5-8/h1-6H,7H2,(H,18,20,21). The molecule has 1 amide bonds. The summed E-state index contributed by atoms with van der Waals surface area (Å²) in [5.74, 6) is -0.894. The van der Waals surface area contributed by atoms with E-state index in [1.54, 1.807) is 18.2 Å². The highest BCUT2D eigenvalue weighted by Crippen LogP contribution is 2.32. The molecule has 0 aliphatic carbocycles. The van der Waals surface area contributed by atoms with E-state index in [-0.39, 0.29) is 11.9 Å². The highest BCUT2D eigenvalue weighted by Gasteiger charge is 2.16. The summed E-state index contributed by atoms with van der Waals surface area (Å²) in [6.07, 6.45) is 0. The number of nitrogens with zero attached hydrogens (tertiary/aromatic N) is 2. The molecule has 128 valence electrons. The number of carbonyl (C=O) groups excluding carboxylic acids is 2. The third kappa shape index (κ3) is 4.53. The van der Waals surface area contributed by atoms with Crippen molar-refractivity contribution in [3.63, 3.8) is 0 Å². The third-order valence-corrected chi connectivity index (χ3v) is 6.11. The molecule has 1 N–H and O–H groups in total. The fraction of sp³-hybridized carbons (Fsp3) is 0.0667. The second-order valence-electron chi connectivity index (χ2n) is 4.63. The molecule has 0 aliphatic heterocycles. The molecular formula is C15H9Br2N3O4S. The molecule has 0 spiro atoms. The molecule has 0 saturated carbocycles. The number of carbonyl (C=O) groups is 2. The number of amides is 1. The maximum Gasteiger partial charge on any atom is 0.348 e. The summed E-state index contributed by atoms with van der Waals surface area (Å²) in [7, 11) is 0. The Morgan fingerprint density at radius 2 is 1.96 bits per heavy atom. The van der Waals surface area contributed by atoms with Crippen LogP contribution in [0.5, 0.6) is 0 Å². The molecule has 10 heteroatoms. The van der Waals surface area contributed by atoms with Gasteiger partial charge in [0, 0.05) is 10.0 Å². The van der Waals surface area contributed by atoms with Gasteiger partial charge in [0.2, 0.25) is 5.89 Å². The topological polar surface area (TPSA) is 94.3 Å². The van der Waals surface area contributed by atoms with Crippen LogP contribution in [-0.4, -0.2) is 28.7 Å². The molecule has 25 heavy (non-hydrogen) atoms. The molecule has 0 aliphatic rings. The van der Waals surface area contributed by atoms with Crippen LogP contribution in [0.2, 0.25) is 0 Å². The average Bonchev–Trinajstić information content (AvgIpc) is 3.21. The van der Waals surface area contributed by atoms with E-state index in [0.29, 0.717) is 4.88 Å². The lowest BCUT2D eigenvalue weighted by atomic mass is 10.2. The highest BCUT2D eigenvalue weighted by molar-refractivity contribution is 9.13. The molecular weight excluding hydrogens is 478 g/mol. The number of rotatable bonds is 5. The molecule has 0 saturated heterocycles. The van der Waals surface area contributed by atoms with E-state index in [4.69, 9.17) is 9.15 Å². The van der Waals surface area contributed by atoms with Gasteiger partial charge in [0.25, 0.3) is 5.91 Å². The number of hydrogen-bond acceptors (Lipinski definition) is 7. The monoisotopic (exact) mass is 485 g/mol. The van der Waals surface area contributed by atoms with Crippen LogP contribution in [0.15, 0.2) is 49.1 Å². The number of benzene rings is 1. The SMILES string of the molecule is O=C(COC(=O)c1cc(Br)c(Br)s1)Nc1nnc(-c2ccccc2)o1. The Balaban J connectivity index is 1.54. The summed E-state index contributed by atoms with van der Waals surface area (Å²) in [5, 5.41) is 9.96. The lowest BCUT2D eigenvalue weighted by molar-refractivity contribution is -0.119. The van der Waals surface area contributed by atoms with Crippen LogP contribution in [-0.2, 0) is 9.53 Å². The summed E-state index contributed by atoms with van der Waals surface area (Å²) in [4.78, 5) is 24.1. The van der Waals surface area contributed by atoms with Crippen LogP contribution in [0.25, 0.3) is 11.5 Å². The van der Waals surface area contributed by atoms with Gasteiger partial charge in [0.15, 0.2) is 6.61 Å². The molecule has 0 fully saturated rings. The Morgan fingerprint density at radius 3 is 2.64 bits per heavy atom. The number of thiophene rings is 1. The smallest absolute Gasteiger partial charge is 0.348 e. The van der Waals surface area contributed by atoms with Crippen molar-refractivity contribution in [3.05, 3.63) is 49.5 Å². The van der Waals surface area contributed by atoms with Gasteiger partial charge in [-0.1, -0.05) is 23.3 Å². The molecule has 0 bridgehead atoms. The largest absolute Gasteiger partial charge is 0.451 e. The van der Waals surface area contributed by atoms with Gasteiger partial charge in [-0.2, -0.15) is 0 Å². The van der Waals surface area contributed by atoms with Gasteiger partial charge in [-0.3, -0.25) is 10.1 Å². The minimum Gasteiger partial charge on any atom is -0.451 e. The number of hydrogen-bond donors (Lipinski definition) is 1. The summed E-state index contributed by atoms with van der Waals surface area (Å²) in [6.45, 7) is -0.463. The van der Waals surface area contributed by atoms with Gasteiger partial charge in [0.1, 0.15) is 4.88 Å². The molecule has 3 rings (SSSR count). The van der Waals surface area contributed by atoms with E-state index in [1.165, 1.54) is 11.3 Å². The summed E-state index contributed by atoms with van der Waals surface area (Å²) in [5.41, 5.74) is 0.732. The van der Waals surface area contributed by atoms with Crippen molar-refractivity contribution < 1.29 is 18.7 Å². The number of nitrogens with one attached hydrogen (secondary N) is 1. The highest BCUT2D eigenvalue weighted by atomic mass is 79.9. The van der Waals surface area contributed by atoms with Gasteiger partial charge in [-0.25, -0.2) is 4.79 Å². The number of esters is 1. The minimum atomic E-state index is -0.595. The molecule has 2 aromatic heterocycles. The summed E-state index contributed by atoms with van der Waals surface area (Å²) in [6, 6.07) is 10.7. The first-order chi connectivity index (χ1) is 12.0. The molecule has 2 heterocycles. The van der Waals surface area contributed by atoms with E-state index >= 15 is 0 Å². The van der Waals surface area contributed by atoms with Crippen molar-refractivity contribution >= 4 is 61.1 Å². The van der Waals surface area contributed by atoms with Gasteiger partial charge in [0.05, 0.1) is 3.79 Å². The van der Waals surface area contributed by atoms with Gasteiger partial charge in [-0.15, -0.1) is 16.4 Å². The summed E-state index contributed by atoms with van der Waals surface area (Å²) < 4.78 is 11.8. The number of aromatic nitrogens is 2. The van der Waals surface area contributed by atoms with Crippen LogP contribution in [0.3, 0.4) is 0 Å². The van der Waals surface area contributed by atoms with Crippen molar-refractivity contribution in [3.8, 4) is 11.5 Å². The first kappa shape index (κ1) is 17.8. The quantitative estimate of drug-likeness (QED) is 0.545. The lowest BCUT2D eigenvalue weighted by Gasteiger charge is -2.02. The lowest BCUT2D eigenvalue weighted by Crippen LogP contribution is -2.20. The zero-order valence-electron chi connectivity index (χ0n) is 12.4. The Morgan fingerprint density at radius 1 is 1.20 bits per heavy atom. The van der Waals surface area contributed by atoms with Crippen LogP contribution < -0.4 is 5.32 Å². The maximum atomic E-state index is 11.9. The van der Waals surface area contributed by atoms with Gasteiger partial charge in [-0.05, 0) is 50.1 Å². The van der Waals surface area contributed by atoms with Crippen LogP contribution in [0, 0.1) is 0 Å². The average molecular weight is 487 g/mol. The van der Waals surface area contributed by atoms with Crippen LogP contribution in [0.1, 0.15) is 9.67 Å². The van der Waals surface area contributed by atoms with Crippen molar-refractivity contribution in [2.24, 2.45) is 0 Å². The Kier molecular flexibility index (Phi) is 5.61. The van der Waals surface area contributed by atoms with Crippen molar-refractivity contribution in [2.45, 2.75) is 0 Å². The predicted octanol–water partition coefficient (Wildman–Crippen LogP) is 4.12. The second-order valence-corrected chi connectivity index (χ2v) is 7.86. The number of anilines is 1. The minimum absolute atomic E-state index is 0.0680. The number of halogens is 2. The van der Waals surface area contributed by atoms with E-state index in [0.717, 1.165) is 13.8 Å². The molecule has 7 nitrogen and oxygen atoms in total. The first-order valence-electron chi connectivity index (χ1n) is 6.83. The van der Waals surface area contributed by atoms with Gasteiger partial charge < -0.3 is 9.15 Å². The van der Waals surface area contributed by atoms with E-state index in [1.807, 2.05) is 18.2 Å². The molecule has 0 atom stereocenters. The summed E-state index contributed by atoms with van der Waals surface area (Å²) >= 11 is 7.77. The number of ether oxygens (including phenoxy) is 1. The normalized spacial score (nSPS) is 10.5. The Labute approximate surface area is 162 Å². The zero-order chi connectivity index (χ0) is 17.8. The van der Waals surface area contributed by atoms with Crippen molar-refractivity contribution in [1.29, 1.82) is 0 Å². The second kappa shape index (κ2) is 7.89. The fourth-order valence-electron chi connectivity index (χ4n) is 1.78. The Hall–Kier alpha value is -2.04. The van der Waals surface area contributed by atoms with Crippen LogP contribution in [0.4, 0.5) is 6.01 Å². The van der Waals surface area contributed by atoms with Crippen molar-refractivity contribution in [2.75, 3.05) is 11.9 Å². The molecule has 0 radical (unpaired) electrons. The first-order valence-corrected chi connectivity index (χ1v) is 9.24. The molecule has 3 aromatic rings. The van der Waals surface area contributed by atoms with E-state index in [9.17, 15) is 9.59 Å². The molecule has 1 aromatic carbocycles. The van der Waals surface area contributed by atoms with Gasteiger partial charge >= 0.3 is 12.0 Å². The zero-order valence-corrected chi connectivity index (χ0v) is 16.4. The molecule has 0 unspecified atom stereocenters. The third-order valence-electron chi connectivity index (χ3n) is 2.87. The Bertz CT molecular complexity index is 891. The predicted molar refractivity (Wildman–Crippen MR) is 98.4 cm³/mol. The maximum absolute atomic E-state index is 11.9. The van der Waals surface area contributed by atoms with E-state index < -0.39 is 18.5 Å². The van der Waals surface area contributed by atoms with E-state index in [2.05, 4.69) is 47.4 Å². The van der Waals surface area contributed by atoms with Crippen molar-refractivity contribution in [1.82, 2.24) is 10.2 Å². The fourth-order valence-corrected chi connectivity index (χ4v) is 3.71. The van der Waals surface area contributed by atoms with Crippen LogP contribution >= 0.6 is 43.2 Å².